The van der Waals surface area contributed by atoms with E-state index < -0.39 is 10.0 Å². The van der Waals surface area contributed by atoms with Crippen LogP contribution in [0.2, 0.25) is 0 Å². The van der Waals surface area contributed by atoms with Crippen molar-refractivity contribution < 1.29 is 8.42 Å². The van der Waals surface area contributed by atoms with Crippen LogP contribution in [0.25, 0.3) is 5.65 Å². The molecular weight excluding hydrogens is 382 g/mol. The van der Waals surface area contributed by atoms with Crippen LogP contribution in [0.15, 0.2) is 52.6 Å². The average molecular weight is 402 g/mol. The molecule has 2 heterocycles. The normalized spacial score (nSPS) is 11.8. The first kappa shape index (κ1) is 19.4. The second-order valence-corrected chi connectivity index (χ2v) is 8.65. The van der Waals surface area contributed by atoms with Crippen molar-refractivity contribution in [2.45, 2.75) is 29.7 Å². The third-order valence-corrected chi connectivity index (χ3v) is 7.16. The summed E-state index contributed by atoms with van der Waals surface area (Å²) in [4.78, 5) is 0.215. The van der Waals surface area contributed by atoms with Gasteiger partial charge in [-0.1, -0.05) is 37.7 Å². The van der Waals surface area contributed by atoms with E-state index in [0.717, 1.165) is 5.56 Å². The Morgan fingerprint density at radius 2 is 1.96 bits per heavy atom. The molecule has 0 aliphatic rings. The molecule has 0 bridgehead atoms. The number of hydrogen-bond donors (Lipinski definition) is 0. The highest BCUT2D eigenvalue weighted by Crippen LogP contribution is 2.24. The van der Waals surface area contributed by atoms with Gasteiger partial charge in [-0.3, -0.25) is 4.40 Å². The van der Waals surface area contributed by atoms with Crippen LogP contribution in [-0.2, 0) is 15.8 Å². The molecule has 27 heavy (non-hydrogen) atoms. The molecule has 9 heteroatoms. The number of pyridine rings is 1. The van der Waals surface area contributed by atoms with Gasteiger partial charge in [-0.15, -0.1) is 10.2 Å². The molecule has 3 rings (SSSR count). The van der Waals surface area contributed by atoms with Gasteiger partial charge in [0.2, 0.25) is 10.0 Å². The number of fused-ring (bicyclic) bond motifs is 1. The third kappa shape index (κ3) is 3.98. The van der Waals surface area contributed by atoms with E-state index in [9.17, 15) is 8.42 Å². The molecule has 7 nitrogen and oxygen atoms in total. The van der Waals surface area contributed by atoms with Crippen molar-refractivity contribution in [2.75, 3.05) is 13.1 Å². The van der Waals surface area contributed by atoms with Gasteiger partial charge in [0, 0.05) is 25.0 Å². The van der Waals surface area contributed by atoms with Gasteiger partial charge in [0.05, 0.1) is 16.5 Å². The van der Waals surface area contributed by atoms with Crippen LogP contribution in [0.1, 0.15) is 25.0 Å². The maximum Gasteiger partial charge on any atom is 0.244 e. The zero-order valence-electron chi connectivity index (χ0n) is 15.0. The summed E-state index contributed by atoms with van der Waals surface area (Å²) < 4.78 is 28.6. The van der Waals surface area contributed by atoms with Crippen LogP contribution in [0, 0.1) is 11.3 Å². The first-order chi connectivity index (χ1) is 13.0. The maximum atomic E-state index is 12.8. The number of rotatable bonds is 7. The van der Waals surface area contributed by atoms with Crippen molar-refractivity contribution >= 4 is 27.4 Å². The fourth-order valence-corrected chi connectivity index (χ4v) is 5.01. The topological polar surface area (TPSA) is 91.4 Å². The predicted octanol–water partition coefficient (Wildman–Crippen LogP) is 2.92. The lowest BCUT2D eigenvalue weighted by atomic mass is 10.2. The van der Waals surface area contributed by atoms with E-state index in [1.54, 1.807) is 28.8 Å². The number of thioether (sulfide) groups is 1. The second kappa shape index (κ2) is 8.08. The van der Waals surface area contributed by atoms with Gasteiger partial charge >= 0.3 is 0 Å². The Labute approximate surface area is 162 Å². The summed E-state index contributed by atoms with van der Waals surface area (Å²) in [6, 6.07) is 12.7. The molecule has 0 saturated carbocycles. The van der Waals surface area contributed by atoms with E-state index in [4.69, 9.17) is 5.26 Å². The Morgan fingerprint density at radius 1 is 1.19 bits per heavy atom. The maximum absolute atomic E-state index is 12.8. The number of sulfonamides is 1. The van der Waals surface area contributed by atoms with Gasteiger partial charge in [-0.25, -0.2) is 8.42 Å². The van der Waals surface area contributed by atoms with Crippen LogP contribution >= 0.6 is 11.8 Å². The van der Waals surface area contributed by atoms with Gasteiger partial charge < -0.3 is 0 Å². The summed E-state index contributed by atoms with van der Waals surface area (Å²) in [6.07, 6.45) is 1.57. The summed E-state index contributed by atoms with van der Waals surface area (Å²) in [5.74, 6) is 0.601. The predicted molar refractivity (Wildman–Crippen MR) is 104 cm³/mol. The molecular formula is C18H19N5O2S2. The van der Waals surface area contributed by atoms with Gasteiger partial charge in [-0.05, 0) is 29.8 Å². The molecule has 0 amide bonds. The van der Waals surface area contributed by atoms with Crippen molar-refractivity contribution in [1.82, 2.24) is 18.9 Å². The van der Waals surface area contributed by atoms with Crippen molar-refractivity contribution in [3.05, 3.63) is 53.7 Å². The molecule has 1 aromatic carbocycles. The lowest BCUT2D eigenvalue weighted by Gasteiger charge is -2.18. The highest BCUT2D eigenvalue weighted by molar-refractivity contribution is 7.98. The van der Waals surface area contributed by atoms with E-state index in [1.807, 2.05) is 32.0 Å². The van der Waals surface area contributed by atoms with Gasteiger partial charge in [0.15, 0.2) is 10.8 Å². The summed E-state index contributed by atoms with van der Waals surface area (Å²) in [5.41, 5.74) is 2.18. The number of benzene rings is 1. The fraction of sp³-hybridized carbons (Fsp3) is 0.278. The minimum Gasteiger partial charge on any atom is -0.276 e. The standard InChI is InChI=1S/C18H19N5O2S2/c1-3-22(4-2)27(24,25)16-8-9-17-20-21-18(23(17)12-16)26-13-15-7-5-6-14(10-15)11-19/h5-10,12H,3-4,13H2,1-2H3. The Morgan fingerprint density at radius 3 is 2.67 bits per heavy atom. The SMILES string of the molecule is CCN(CC)S(=O)(=O)c1ccc2nnc(SCc3cccc(C#N)c3)n2c1. The number of aromatic nitrogens is 3. The minimum atomic E-state index is -3.55. The van der Waals surface area contributed by atoms with Crippen molar-refractivity contribution in [3.63, 3.8) is 0 Å². The Balaban J connectivity index is 1.90. The average Bonchev–Trinajstić information content (AvgIpc) is 3.09. The lowest BCUT2D eigenvalue weighted by molar-refractivity contribution is 0.445. The summed E-state index contributed by atoms with van der Waals surface area (Å²) >= 11 is 1.44. The first-order valence-corrected chi connectivity index (χ1v) is 10.9. The quantitative estimate of drug-likeness (QED) is 0.565. The van der Waals surface area contributed by atoms with Crippen molar-refractivity contribution in [2.24, 2.45) is 0 Å². The molecule has 3 aromatic rings. The summed E-state index contributed by atoms with van der Waals surface area (Å²) in [7, 11) is -3.55. The molecule has 2 aromatic heterocycles. The van der Waals surface area contributed by atoms with Crippen LogP contribution in [-0.4, -0.2) is 40.4 Å². The van der Waals surface area contributed by atoms with Crippen molar-refractivity contribution in [1.29, 1.82) is 5.26 Å². The molecule has 0 aliphatic carbocycles. The largest absolute Gasteiger partial charge is 0.276 e. The van der Waals surface area contributed by atoms with Crippen LogP contribution in [0.5, 0.6) is 0 Å². The smallest absolute Gasteiger partial charge is 0.244 e. The lowest BCUT2D eigenvalue weighted by Crippen LogP contribution is -2.30. The fourth-order valence-electron chi connectivity index (χ4n) is 2.69. The van der Waals surface area contributed by atoms with Gasteiger partial charge in [0.1, 0.15) is 0 Å². The molecule has 0 aliphatic heterocycles. The monoisotopic (exact) mass is 401 g/mol. The van der Waals surface area contributed by atoms with Crippen LogP contribution < -0.4 is 0 Å². The molecule has 0 unspecified atom stereocenters. The van der Waals surface area contributed by atoms with Crippen LogP contribution in [0.3, 0.4) is 0 Å². The minimum absolute atomic E-state index is 0.215. The molecule has 0 spiro atoms. The van der Waals surface area contributed by atoms with E-state index >= 15 is 0 Å². The van der Waals surface area contributed by atoms with E-state index in [2.05, 4.69) is 16.3 Å². The molecule has 0 atom stereocenters. The molecule has 0 saturated heterocycles. The zero-order chi connectivity index (χ0) is 19.4. The second-order valence-electron chi connectivity index (χ2n) is 5.77. The number of nitriles is 1. The zero-order valence-corrected chi connectivity index (χ0v) is 16.7. The van der Waals surface area contributed by atoms with Gasteiger partial charge in [-0.2, -0.15) is 9.57 Å². The summed E-state index contributed by atoms with van der Waals surface area (Å²) in [5, 5.41) is 17.9. The van der Waals surface area contributed by atoms with Gasteiger partial charge in [0.25, 0.3) is 0 Å². The number of hydrogen-bond acceptors (Lipinski definition) is 6. The highest BCUT2D eigenvalue weighted by atomic mass is 32.2. The first-order valence-electron chi connectivity index (χ1n) is 8.46. The van der Waals surface area contributed by atoms with Crippen molar-refractivity contribution in [3.8, 4) is 6.07 Å². The van der Waals surface area contributed by atoms with E-state index in [0.29, 0.717) is 35.2 Å². The third-order valence-electron chi connectivity index (χ3n) is 4.11. The molecule has 0 fully saturated rings. The molecule has 140 valence electrons. The van der Waals surface area contributed by atoms with E-state index in [1.165, 1.54) is 16.1 Å². The highest BCUT2D eigenvalue weighted by Gasteiger charge is 2.22. The Hall–Kier alpha value is -2.41. The Bertz CT molecular complexity index is 1100. The molecule has 0 radical (unpaired) electrons. The molecule has 0 N–H and O–H groups in total. The van der Waals surface area contributed by atoms with Crippen LogP contribution in [0.4, 0.5) is 0 Å². The summed E-state index contributed by atoms with van der Waals surface area (Å²) in [6.45, 7) is 4.45. The Kier molecular flexibility index (Phi) is 5.79. The number of nitrogens with zero attached hydrogens (tertiary/aromatic N) is 5. The van der Waals surface area contributed by atoms with E-state index in [-0.39, 0.29) is 4.90 Å².